The van der Waals surface area contributed by atoms with Crippen molar-refractivity contribution in [3.63, 3.8) is 0 Å². The first-order chi connectivity index (χ1) is 14.7. The van der Waals surface area contributed by atoms with Gasteiger partial charge >= 0.3 is 0 Å². The minimum atomic E-state index is 0.0136. The zero-order valence-corrected chi connectivity index (χ0v) is 17.7. The number of aromatic nitrogens is 1. The van der Waals surface area contributed by atoms with Crippen LogP contribution in [0.2, 0.25) is 0 Å². The van der Waals surface area contributed by atoms with Crippen molar-refractivity contribution in [3.05, 3.63) is 84.2 Å². The molecule has 0 radical (unpaired) electrons. The van der Waals surface area contributed by atoms with Crippen molar-refractivity contribution in [2.24, 2.45) is 0 Å². The van der Waals surface area contributed by atoms with Crippen LogP contribution in [0, 0.1) is 6.92 Å². The molecule has 1 aromatic heterocycles. The molecular weight excluding hydrogens is 374 g/mol. The molecule has 3 aromatic rings. The van der Waals surface area contributed by atoms with Crippen LogP contribution in [0.4, 0.5) is 5.69 Å². The number of nitrogens with zero attached hydrogens (tertiary/aromatic N) is 3. The van der Waals surface area contributed by atoms with E-state index in [2.05, 4.69) is 46.7 Å². The van der Waals surface area contributed by atoms with Crippen molar-refractivity contribution >= 4 is 11.6 Å². The van der Waals surface area contributed by atoms with Gasteiger partial charge < -0.3 is 19.1 Å². The molecule has 1 saturated heterocycles. The zero-order valence-electron chi connectivity index (χ0n) is 17.7. The highest BCUT2D eigenvalue weighted by Gasteiger charge is 2.26. The summed E-state index contributed by atoms with van der Waals surface area (Å²) in [5.41, 5.74) is 3.48. The lowest BCUT2D eigenvalue weighted by molar-refractivity contribution is -0.132. The van der Waals surface area contributed by atoms with Gasteiger partial charge in [-0.3, -0.25) is 4.79 Å². The first kappa shape index (κ1) is 20.1. The number of amides is 1. The van der Waals surface area contributed by atoms with Crippen LogP contribution >= 0.6 is 0 Å². The smallest absolute Gasteiger partial charge is 0.225 e. The van der Waals surface area contributed by atoms with Crippen molar-refractivity contribution in [2.75, 3.05) is 38.2 Å². The predicted octanol–water partition coefficient (Wildman–Crippen LogP) is 4.13. The fourth-order valence-electron chi connectivity index (χ4n) is 4.21. The molecule has 0 saturated carbocycles. The highest BCUT2D eigenvalue weighted by molar-refractivity contribution is 5.77. The molecule has 1 aliphatic heterocycles. The van der Waals surface area contributed by atoms with Gasteiger partial charge in [0.15, 0.2) is 0 Å². The van der Waals surface area contributed by atoms with E-state index in [1.54, 1.807) is 7.11 Å². The monoisotopic (exact) mass is 403 g/mol. The Morgan fingerprint density at radius 2 is 1.70 bits per heavy atom. The molecule has 1 fully saturated rings. The number of rotatable bonds is 6. The van der Waals surface area contributed by atoms with Gasteiger partial charge in [0, 0.05) is 38.6 Å². The number of ether oxygens (including phenoxy) is 1. The Morgan fingerprint density at radius 1 is 0.967 bits per heavy atom. The normalized spacial score (nSPS) is 15.1. The molecule has 5 nitrogen and oxygen atoms in total. The average Bonchev–Trinajstić information content (AvgIpc) is 3.32. The maximum atomic E-state index is 13.2. The summed E-state index contributed by atoms with van der Waals surface area (Å²) in [6.45, 7) is 5.16. The summed E-state index contributed by atoms with van der Waals surface area (Å²) in [5, 5.41) is 0. The third-order valence-corrected chi connectivity index (χ3v) is 5.84. The van der Waals surface area contributed by atoms with Crippen molar-refractivity contribution in [1.29, 1.82) is 0 Å². The Balaban J connectivity index is 1.44. The Labute approximate surface area is 178 Å². The number of benzene rings is 2. The SMILES string of the molecule is COc1ccccc1N1CCN(C(=O)C[C@H](c2cccc(C)c2)n2cccc2)CC1. The zero-order chi connectivity index (χ0) is 20.9. The first-order valence-corrected chi connectivity index (χ1v) is 10.5. The van der Waals surface area contributed by atoms with E-state index >= 15 is 0 Å². The van der Waals surface area contributed by atoms with Gasteiger partial charge in [-0.05, 0) is 36.8 Å². The lowest BCUT2D eigenvalue weighted by Crippen LogP contribution is -2.49. The van der Waals surface area contributed by atoms with Crippen molar-refractivity contribution < 1.29 is 9.53 Å². The molecule has 0 bridgehead atoms. The fourth-order valence-corrected chi connectivity index (χ4v) is 4.21. The van der Waals surface area contributed by atoms with Crippen LogP contribution in [0.5, 0.6) is 5.75 Å². The summed E-state index contributed by atoms with van der Waals surface area (Å²) >= 11 is 0. The highest BCUT2D eigenvalue weighted by Crippen LogP contribution is 2.29. The molecule has 0 N–H and O–H groups in total. The maximum absolute atomic E-state index is 13.2. The van der Waals surface area contributed by atoms with Crippen LogP contribution in [0.15, 0.2) is 73.1 Å². The van der Waals surface area contributed by atoms with Crippen LogP contribution in [0.25, 0.3) is 0 Å². The van der Waals surface area contributed by atoms with Crippen molar-refractivity contribution in [3.8, 4) is 5.75 Å². The molecule has 5 heteroatoms. The molecule has 156 valence electrons. The standard InChI is InChI=1S/C25H29N3O2/c1-20-8-7-9-21(18-20)23(26-12-5-6-13-26)19-25(29)28-16-14-27(15-17-28)22-10-3-4-11-24(22)30-2/h3-13,18,23H,14-17,19H2,1-2H3/t23-/m1/s1. The third-order valence-electron chi connectivity index (χ3n) is 5.84. The van der Waals surface area contributed by atoms with E-state index in [9.17, 15) is 4.79 Å². The lowest BCUT2D eigenvalue weighted by atomic mass is 10.0. The van der Waals surface area contributed by atoms with E-state index in [0.29, 0.717) is 6.42 Å². The van der Waals surface area contributed by atoms with Crippen molar-refractivity contribution in [1.82, 2.24) is 9.47 Å². The summed E-state index contributed by atoms with van der Waals surface area (Å²) < 4.78 is 7.64. The van der Waals surface area contributed by atoms with Crippen LogP contribution in [0.1, 0.15) is 23.6 Å². The second kappa shape index (κ2) is 9.08. The number of carbonyl (C=O) groups is 1. The lowest BCUT2D eigenvalue weighted by Gasteiger charge is -2.37. The molecule has 30 heavy (non-hydrogen) atoms. The number of aryl methyl sites for hydroxylation is 1. The van der Waals surface area contributed by atoms with E-state index in [0.717, 1.165) is 37.6 Å². The quantitative estimate of drug-likeness (QED) is 0.621. The summed E-state index contributed by atoms with van der Waals surface area (Å²) in [4.78, 5) is 17.5. The van der Waals surface area contributed by atoms with E-state index in [-0.39, 0.29) is 11.9 Å². The van der Waals surface area contributed by atoms with Crippen LogP contribution < -0.4 is 9.64 Å². The molecular formula is C25H29N3O2. The summed E-state index contributed by atoms with van der Waals surface area (Å²) in [7, 11) is 1.70. The molecule has 1 amide bonds. The van der Waals surface area contributed by atoms with Gasteiger partial charge in [0.2, 0.25) is 5.91 Å². The molecule has 0 aliphatic carbocycles. The highest BCUT2D eigenvalue weighted by atomic mass is 16.5. The molecule has 1 aliphatic rings. The number of anilines is 1. The second-order valence-electron chi connectivity index (χ2n) is 7.80. The largest absolute Gasteiger partial charge is 0.495 e. The summed E-state index contributed by atoms with van der Waals surface area (Å²) in [6, 6.07) is 20.6. The number of piperazine rings is 1. The Bertz CT molecular complexity index is 976. The minimum absolute atomic E-state index is 0.0136. The van der Waals surface area contributed by atoms with E-state index < -0.39 is 0 Å². The molecule has 2 aromatic carbocycles. The van der Waals surface area contributed by atoms with E-state index in [4.69, 9.17) is 4.74 Å². The minimum Gasteiger partial charge on any atom is -0.495 e. The molecule has 2 heterocycles. The molecule has 0 spiro atoms. The summed E-state index contributed by atoms with van der Waals surface area (Å²) in [6.07, 6.45) is 4.55. The molecule has 4 rings (SSSR count). The van der Waals surface area contributed by atoms with E-state index in [1.165, 1.54) is 11.1 Å². The first-order valence-electron chi connectivity index (χ1n) is 10.5. The van der Waals surface area contributed by atoms with Gasteiger partial charge in [-0.2, -0.15) is 0 Å². The Morgan fingerprint density at radius 3 is 2.40 bits per heavy atom. The van der Waals surface area contributed by atoms with Crippen molar-refractivity contribution in [2.45, 2.75) is 19.4 Å². The van der Waals surface area contributed by atoms with Gasteiger partial charge in [-0.15, -0.1) is 0 Å². The Hall–Kier alpha value is -3.21. The maximum Gasteiger partial charge on any atom is 0.225 e. The Kier molecular flexibility index (Phi) is 6.07. The van der Waals surface area contributed by atoms with Crippen LogP contribution in [0.3, 0.4) is 0 Å². The predicted molar refractivity (Wildman–Crippen MR) is 120 cm³/mol. The fraction of sp³-hybridized carbons (Fsp3) is 0.320. The number of para-hydroxylation sites is 2. The van der Waals surface area contributed by atoms with Crippen LogP contribution in [-0.2, 0) is 4.79 Å². The number of carbonyl (C=O) groups excluding carboxylic acids is 1. The van der Waals surface area contributed by atoms with Gasteiger partial charge in [-0.1, -0.05) is 42.0 Å². The number of hydrogen-bond donors (Lipinski definition) is 0. The molecule has 1 atom stereocenters. The topological polar surface area (TPSA) is 37.7 Å². The van der Waals surface area contributed by atoms with Gasteiger partial charge in [0.1, 0.15) is 5.75 Å². The van der Waals surface area contributed by atoms with E-state index in [1.807, 2.05) is 47.6 Å². The third kappa shape index (κ3) is 4.35. The summed E-state index contributed by atoms with van der Waals surface area (Å²) in [5.74, 6) is 1.08. The van der Waals surface area contributed by atoms with Gasteiger partial charge in [0.25, 0.3) is 0 Å². The van der Waals surface area contributed by atoms with Gasteiger partial charge in [0.05, 0.1) is 25.3 Å². The number of hydrogen-bond acceptors (Lipinski definition) is 3. The average molecular weight is 404 g/mol. The van der Waals surface area contributed by atoms with Crippen LogP contribution in [-0.4, -0.2) is 48.7 Å². The second-order valence-corrected chi connectivity index (χ2v) is 7.80. The molecule has 0 unspecified atom stereocenters. The van der Waals surface area contributed by atoms with Gasteiger partial charge in [-0.25, -0.2) is 0 Å². The number of methoxy groups -OCH3 is 1.